The minimum Gasteiger partial charge on any atom is -0.463 e. The van der Waals surface area contributed by atoms with Crippen molar-refractivity contribution in [1.29, 1.82) is 0 Å². The number of fused-ring (bicyclic) bond motifs is 1. The number of aryl methyl sites for hydroxylation is 2. The van der Waals surface area contributed by atoms with E-state index in [0.29, 0.717) is 41.2 Å². The van der Waals surface area contributed by atoms with E-state index in [1.807, 2.05) is 39.0 Å². The van der Waals surface area contributed by atoms with Crippen molar-refractivity contribution in [2.45, 2.75) is 75.5 Å². The van der Waals surface area contributed by atoms with E-state index in [1.165, 1.54) is 0 Å². The Hall–Kier alpha value is -2.72. The molecule has 3 aromatic rings. The first-order chi connectivity index (χ1) is 16.7. The second kappa shape index (κ2) is 9.39. The summed E-state index contributed by atoms with van der Waals surface area (Å²) in [6, 6.07) is 7.29. The van der Waals surface area contributed by atoms with Crippen LogP contribution in [0.15, 0.2) is 29.2 Å². The van der Waals surface area contributed by atoms with Crippen molar-refractivity contribution >= 4 is 38.6 Å². The highest BCUT2D eigenvalue weighted by Gasteiger charge is 2.39. The normalized spacial score (nSPS) is 17.9. The Balaban J connectivity index is 1.43. The van der Waals surface area contributed by atoms with Crippen molar-refractivity contribution in [3.05, 3.63) is 40.5 Å². The van der Waals surface area contributed by atoms with Crippen molar-refractivity contribution in [2.24, 2.45) is 5.92 Å². The van der Waals surface area contributed by atoms with Gasteiger partial charge in [0.15, 0.2) is 15.7 Å². The Bertz CT molecular complexity index is 1360. The maximum atomic E-state index is 13.4. The third-order valence-corrected chi connectivity index (χ3v) is 9.78. The first-order valence-electron chi connectivity index (χ1n) is 12.0. The molecule has 2 N–H and O–H groups in total. The minimum absolute atomic E-state index is 0.113. The van der Waals surface area contributed by atoms with Crippen LogP contribution in [0.25, 0.3) is 10.6 Å². The molecule has 0 bridgehead atoms. The molecule has 0 radical (unpaired) electrons. The number of esters is 1. The molecule has 0 amide bonds. The van der Waals surface area contributed by atoms with Gasteiger partial charge in [-0.15, -0.1) is 11.3 Å². The van der Waals surface area contributed by atoms with Crippen LogP contribution in [0.2, 0.25) is 0 Å². The third-order valence-electron chi connectivity index (χ3n) is 6.32. The molecule has 5 rings (SSSR count). The van der Waals surface area contributed by atoms with E-state index in [2.05, 4.69) is 15.5 Å². The smallest absolute Gasteiger partial charge is 0.306 e. The van der Waals surface area contributed by atoms with Crippen molar-refractivity contribution in [3.63, 3.8) is 0 Å². The number of nitrogens with one attached hydrogen (secondary N) is 2. The number of benzene rings is 1. The first-order valence-corrected chi connectivity index (χ1v) is 14.4. The molecule has 0 aliphatic heterocycles. The molecule has 1 fully saturated rings. The van der Waals surface area contributed by atoms with Crippen LogP contribution in [0.5, 0.6) is 0 Å². The summed E-state index contributed by atoms with van der Waals surface area (Å²) in [7, 11) is -3.46. The standard InChI is InChI=1S/C25H30N4O4S2/c1-14(2)33-24(30)12-16-4-9-20-21(11-16)34-25(27-20)19-8-5-17(26-23-10-15(3)28-29-23)13-22(19)35(31,32)18-6-7-18/h5,8,10,13-14,16,18H,4,6-7,9,11-12H2,1-3H3,(H2,26,28,29). The maximum absolute atomic E-state index is 13.4. The summed E-state index contributed by atoms with van der Waals surface area (Å²) >= 11 is 1.54. The topological polar surface area (TPSA) is 114 Å². The van der Waals surface area contributed by atoms with E-state index in [0.717, 1.165) is 40.5 Å². The van der Waals surface area contributed by atoms with Gasteiger partial charge in [0.2, 0.25) is 0 Å². The molecule has 2 aliphatic rings. The molecule has 35 heavy (non-hydrogen) atoms. The fourth-order valence-corrected chi connectivity index (χ4v) is 7.68. The van der Waals surface area contributed by atoms with Crippen LogP contribution < -0.4 is 5.32 Å². The molecule has 0 spiro atoms. The lowest BCUT2D eigenvalue weighted by atomic mass is 9.89. The minimum atomic E-state index is -3.46. The molecule has 8 nitrogen and oxygen atoms in total. The summed E-state index contributed by atoms with van der Waals surface area (Å²) in [6.07, 6.45) is 4.11. The van der Waals surface area contributed by atoms with Crippen molar-refractivity contribution in [3.8, 4) is 10.6 Å². The van der Waals surface area contributed by atoms with Gasteiger partial charge in [0.05, 0.1) is 21.9 Å². The summed E-state index contributed by atoms with van der Waals surface area (Å²) in [5, 5.41) is 10.7. The molecule has 0 saturated heterocycles. The van der Waals surface area contributed by atoms with Crippen LogP contribution in [-0.4, -0.2) is 40.9 Å². The number of carbonyl (C=O) groups excluding carboxylic acids is 1. The highest BCUT2D eigenvalue weighted by molar-refractivity contribution is 7.92. The second-order valence-corrected chi connectivity index (χ2v) is 13.0. The highest BCUT2D eigenvalue weighted by Crippen LogP contribution is 2.42. The van der Waals surface area contributed by atoms with E-state index in [-0.39, 0.29) is 23.2 Å². The number of ether oxygens (including phenoxy) is 1. The number of carbonyl (C=O) groups is 1. The number of hydrogen-bond acceptors (Lipinski definition) is 8. The van der Waals surface area contributed by atoms with Crippen molar-refractivity contribution in [2.75, 3.05) is 5.32 Å². The van der Waals surface area contributed by atoms with Crippen LogP contribution in [0, 0.1) is 12.8 Å². The molecular weight excluding hydrogens is 484 g/mol. The van der Waals surface area contributed by atoms with Gasteiger partial charge < -0.3 is 10.1 Å². The SMILES string of the molecule is Cc1cc(Nc2ccc(-c3nc4c(s3)CC(CC(=O)OC(C)C)CC4)c(S(=O)(=O)C3CC3)c2)n[nH]1. The molecule has 1 unspecified atom stereocenters. The van der Waals surface area contributed by atoms with Crippen LogP contribution in [0.1, 0.15) is 55.8 Å². The molecular formula is C25H30N4O4S2. The van der Waals surface area contributed by atoms with Gasteiger partial charge in [0.25, 0.3) is 0 Å². The van der Waals surface area contributed by atoms with Crippen LogP contribution in [-0.2, 0) is 32.2 Å². The number of hydrogen-bond donors (Lipinski definition) is 2. The van der Waals surface area contributed by atoms with E-state index in [4.69, 9.17) is 9.72 Å². The van der Waals surface area contributed by atoms with E-state index < -0.39 is 9.84 Å². The number of rotatable bonds is 8. The van der Waals surface area contributed by atoms with Gasteiger partial charge in [-0.2, -0.15) is 5.10 Å². The van der Waals surface area contributed by atoms with Gasteiger partial charge in [0, 0.05) is 34.3 Å². The number of sulfone groups is 1. The van der Waals surface area contributed by atoms with Crippen LogP contribution >= 0.6 is 11.3 Å². The predicted octanol–water partition coefficient (Wildman–Crippen LogP) is 4.97. The van der Waals surface area contributed by atoms with Crippen molar-refractivity contribution in [1.82, 2.24) is 15.2 Å². The fourth-order valence-electron chi connectivity index (χ4n) is 4.48. The van der Waals surface area contributed by atoms with Gasteiger partial charge in [-0.25, -0.2) is 13.4 Å². The fraction of sp³-hybridized carbons (Fsp3) is 0.480. The van der Waals surface area contributed by atoms with Crippen LogP contribution in [0.4, 0.5) is 11.5 Å². The zero-order valence-electron chi connectivity index (χ0n) is 20.1. The van der Waals surface area contributed by atoms with Crippen molar-refractivity contribution < 1.29 is 17.9 Å². The number of thiazole rings is 1. The maximum Gasteiger partial charge on any atom is 0.306 e. The van der Waals surface area contributed by atoms with Gasteiger partial charge >= 0.3 is 5.97 Å². The number of aromatic nitrogens is 3. The lowest BCUT2D eigenvalue weighted by molar-refractivity contribution is -0.148. The Morgan fingerprint density at radius 3 is 2.74 bits per heavy atom. The molecule has 10 heteroatoms. The first kappa shape index (κ1) is 24.0. The van der Waals surface area contributed by atoms with Gasteiger partial charge in [0.1, 0.15) is 5.01 Å². The summed E-state index contributed by atoms with van der Waals surface area (Å²) in [4.78, 5) is 18.4. The van der Waals surface area contributed by atoms with Crippen LogP contribution in [0.3, 0.4) is 0 Å². The summed E-state index contributed by atoms with van der Waals surface area (Å²) in [6.45, 7) is 5.62. The molecule has 1 saturated carbocycles. The number of H-pyrrole nitrogens is 1. The van der Waals surface area contributed by atoms with Gasteiger partial charge in [-0.3, -0.25) is 9.89 Å². The number of aromatic amines is 1. The summed E-state index contributed by atoms with van der Waals surface area (Å²) in [5.41, 5.74) is 3.25. The Kier molecular flexibility index (Phi) is 6.43. The zero-order chi connectivity index (χ0) is 24.7. The van der Waals surface area contributed by atoms with Gasteiger partial charge in [-0.05, 0) is 77.0 Å². The van der Waals surface area contributed by atoms with E-state index >= 15 is 0 Å². The van der Waals surface area contributed by atoms with E-state index in [9.17, 15) is 13.2 Å². The zero-order valence-corrected chi connectivity index (χ0v) is 21.8. The molecule has 2 heterocycles. The average Bonchev–Trinajstić information content (AvgIpc) is 3.46. The lowest BCUT2D eigenvalue weighted by Gasteiger charge is -2.20. The lowest BCUT2D eigenvalue weighted by Crippen LogP contribution is -2.20. The van der Waals surface area contributed by atoms with E-state index in [1.54, 1.807) is 17.4 Å². The molecule has 1 aromatic carbocycles. The predicted molar refractivity (Wildman–Crippen MR) is 136 cm³/mol. The van der Waals surface area contributed by atoms with Gasteiger partial charge in [-0.1, -0.05) is 0 Å². The molecule has 186 valence electrons. The average molecular weight is 515 g/mol. The highest BCUT2D eigenvalue weighted by atomic mass is 32.2. The molecule has 2 aliphatic carbocycles. The molecule has 1 atom stereocenters. The number of anilines is 2. The Morgan fingerprint density at radius 1 is 1.26 bits per heavy atom. The molecule has 2 aromatic heterocycles. The Labute approximate surface area is 209 Å². The Morgan fingerprint density at radius 2 is 2.06 bits per heavy atom. The largest absolute Gasteiger partial charge is 0.463 e. The summed E-state index contributed by atoms with van der Waals surface area (Å²) in [5.74, 6) is 0.698. The summed E-state index contributed by atoms with van der Waals surface area (Å²) < 4.78 is 32.1. The number of nitrogens with zero attached hydrogens (tertiary/aromatic N) is 2. The second-order valence-electron chi connectivity index (χ2n) is 9.76. The monoisotopic (exact) mass is 514 g/mol. The third kappa shape index (κ3) is 5.28. The quantitative estimate of drug-likeness (QED) is 0.408.